The highest BCUT2D eigenvalue weighted by Gasteiger charge is 2.46. The molecule has 1 aliphatic rings. The molecule has 0 N–H and O–H groups in total. The van der Waals surface area contributed by atoms with Gasteiger partial charge in [0.1, 0.15) is 23.7 Å². The van der Waals surface area contributed by atoms with Gasteiger partial charge in [-0.15, -0.1) is 0 Å². The van der Waals surface area contributed by atoms with E-state index in [9.17, 15) is 22.4 Å². The second kappa shape index (κ2) is 11.0. The number of carbonyl (C=O) groups excluding carboxylic acids is 1. The molecular weight excluding hydrogens is 602 g/mol. The van der Waals surface area contributed by atoms with Gasteiger partial charge in [0.05, 0.1) is 24.9 Å². The highest BCUT2D eigenvalue weighted by atomic mass is 79.9. The summed E-state index contributed by atoms with van der Waals surface area (Å²) in [6.07, 6.45) is -1.91. The number of aromatic nitrogens is 2. The molecule has 1 amide bonds. The lowest BCUT2D eigenvalue weighted by atomic mass is 9.90. The average Bonchev–Trinajstić information content (AvgIpc) is 3.17. The topological polar surface area (TPSA) is 64.6 Å². The van der Waals surface area contributed by atoms with Crippen molar-refractivity contribution in [2.45, 2.75) is 50.1 Å². The number of amides is 1. The molecule has 39 heavy (non-hydrogen) atoms. The zero-order valence-corrected chi connectivity index (χ0v) is 24.2. The lowest BCUT2D eigenvalue weighted by molar-refractivity contribution is -0.137. The van der Waals surface area contributed by atoms with Gasteiger partial charge in [-0.3, -0.25) is 4.90 Å². The summed E-state index contributed by atoms with van der Waals surface area (Å²) in [6.45, 7) is 5.11. The summed E-state index contributed by atoms with van der Waals surface area (Å²) < 4.78 is 66.6. The number of halogens is 5. The fourth-order valence-corrected chi connectivity index (χ4v) is 5.34. The van der Waals surface area contributed by atoms with Crippen LogP contribution in [-0.4, -0.2) is 40.9 Å². The molecule has 2 aromatic carbocycles. The van der Waals surface area contributed by atoms with Crippen molar-refractivity contribution in [3.63, 3.8) is 0 Å². The predicted molar refractivity (Wildman–Crippen MR) is 143 cm³/mol. The lowest BCUT2D eigenvalue weighted by Gasteiger charge is -2.33. The SMILES string of the molecule is COc1cc(F)c(C(C)C)cc1-c1cnc(SC)nc1CN1C(=O)OCC1(C)c1cc(Br)cc(C(F)(F)F)c1. The third-order valence-electron chi connectivity index (χ3n) is 6.71. The first-order valence-corrected chi connectivity index (χ1v) is 13.9. The van der Waals surface area contributed by atoms with Crippen LogP contribution in [0.15, 0.2) is 46.2 Å². The van der Waals surface area contributed by atoms with Gasteiger partial charge in [0, 0.05) is 27.9 Å². The first-order chi connectivity index (χ1) is 18.3. The van der Waals surface area contributed by atoms with Crippen LogP contribution >= 0.6 is 27.7 Å². The Morgan fingerprint density at radius 3 is 2.54 bits per heavy atom. The number of methoxy groups -OCH3 is 1. The number of alkyl halides is 3. The zero-order chi connectivity index (χ0) is 28.7. The number of ether oxygens (including phenoxy) is 2. The summed E-state index contributed by atoms with van der Waals surface area (Å²) in [5.41, 5.74) is 0.0582. The Morgan fingerprint density at radius 1 is 1.21 bits per heavy atom. The molecule has 1 fully saturated rings. The van der Waals surface area contributed by atoms with Crippen LogP contribution in [0, 0.1) is 5.82 Å². The van der Waals surface area contributed by atoms with Gasteiger partial charge >= 0.3 is 12.3 Å². The highest BCUT2D eigenvalue weighted by molar-refractivity contribution is 9.10. The maximum absolute atomic E-state index is 14.8. The van der Waals surface area contributed by atoms with E-state index in [1.54, 1.807) is 25.4 Å². The molecule has 1 atom stereocenters. The minimum absolute atomic E-state index is 0.105. The number of rotatable bonds is 7. The molecule has 0 radical (unpaired) electrons. The van der Waals surface area contributed by atoms with E-state index in [0.29, 0.717) is 27.5 Å². The first-order valence-electron chi connectivity index (χ1n) is 11.9. The van der Waals surface area contributed by atoms with Gasteiger partial charge in [-0.05, 0) is 54.5 Å². The maximum atomic E-state index is 14.8. The smallest absolute Gasteiger partial charge is 0.416 e. The molecule has 4 rings (SSSR count). The first kappa shape index (κ1) is 29.1. The molecular formula is C27H26BrF4N3O3S. The largest absolute Gasteiger partial charge is 0.496 e. The van der Waals surface area contributed by atoms with Gasteiger partial charge in [0.15, 0.2) is 5.16 Å². The van der Waals surface area contributed by atoms with Crippen molar-refractivity contribution >= 4 is 33.8 Å². The molecule has 1 unspecified atom stereocenters. The quantitative estimate of drug-likeness (QED) is 0.151. The van der Waals surface area contributed by atoms with E-state index in [1.807, 2.05) is 13.8 Å². The normalized spacial score (nSPS) is 17.6. The summed E-state index contributed by atoms with van der Waals surface area (Å²) in [7, 11) is 1.42. The van der Waals surface area contributed by atoms with Crippen LogP contribution < -0.4 is 4.74 Å². The third kappa shape index (κ3) is 5.72. The van der Waals surface area contributed by atoms with Gasteiger partial charge in [-0.25, -0.2) is 19.2 Å². The number of hydrogen-bond acceptors (Lipinski definition) is 6. The Morgan fingerprint density at radius 2 is 1.92 bits per heavy atom. The number of thioether (sulfide) groups is 1. The van der Waals surface area contributed by atoms with Crippen LogP contribution in [0.25, 0.3) is 11.1 Å². The molecule has 1 saturated heterocycles. The molecule has 3 aromatic rings. The number of nitrogens with zero attached hydrogens (tertiary/aromatic N) is 3. The number of benzene rings is 2. The van der Waals surface area contributed by atoms with Crippen molar-refractivity contribution in [3.8, 4) is 16.9 Å². The lowest BCUT2D eigenvalue weighted by Crippen LogP contribution is -2.42. The Bertz CT molecular complexity index is 1420. The van der Waals surface area contributed by atoms with E-state index in [0.717, 1.165) is 12.1 Å². The van der Waals surface area contributed by atoms with E-state index in [2.05, 4.69) is 25.9 Å². The second-order valence-corrected chi connectivity index (χ2v) is 11.3. The third-order valence-corrected chi connectivity index (χ3v) is 7.73. The van der Waals surface area contributed by atoms with E-state index in [-0.39, 0.29) is 34.9 Å². The van der Waals surface area contributed by atoms with Gasteiger partial charge < -0.3 is 9.47 Å². The van der Waals surface area contributed by atoms with Crippen LogP contribution in [0.1, 0.15) is 49.1 Å². The summed E-state index contributed by atoms with van der Waals surface area (Å²) in [6, 6.07) is 6.51. The fourth-order valence-electron chi connectivity index (χ4n) is 4.49. The molecule has 0 bridgehead atoms. The fraction of sp³-hybridized carbons (Fsp3) is 0.370. The molecule has 6 nitrogen and oxygen atoms in total. The molecule has 1 aromatic heterocycles. The van der Waals surface area contributed by atoms with E-state index < -0.39 is 29.2 Å². The number of hydrogen-bond donors (Lipinski definition) is 0. The summed E-state index contributed by atoms with van der Waals surface area (Å²) >= 11 is 4.46. The van der Waals surface area contributed by atoms with Gasteiger partial charge in [0.25, 0.3) is 0 Å². The Kier molecular flexibility index (Phi) is 8.18. The van der Waals surface area contributed by atoms with E-state index in [4.69, 9.17) is 9.47 Å². The molecule has 208 valence electrons. The van der Waals surface area contributed by atoms with Crippen molar-refractivity contribution in [3.05, 3.63) is 69.2 Å². The minimum Gasteiger partial charge on any atom is -0.496 e. The molecule has 0 saturated carbocycles. The Hall–Kier alpha value is -2.86. The van der Waals surface area contributed by atoms with Gasteiger partial charge in [-0.2, -0.15) is 13.2 Å². The van der Waals surface area contributed by atoms with Crippen LogP contribution in [0.2, 0.25) is 0 Å². The predicted octanol–water partition coefficient (Wildman–Crippen LogP) is 7.79. The Balaban J connectivity index is 1.86. The standard InChI is InChI=1S/C27H26BrF4N3O3S/c1-14(2)18-9-19(23(37-4)10-21(18)29)20-11-33-24(39-5)34-22(20)12-35-25(36)38-13-26(35,3)15-6-16(27(30,31)32)8-17(28)7-15/h6-11,14H,12-13H2,1-5H3. The molecule has 12 heteroatoms. The monoisotopic (exact) mass is 627 g/mol. The zero-order valence-electron chi connectivity index (χ0n) is 21.8. The maximum Gasteiger partial charge on any atom is 0.416 e. The van der Waals surface area contributed by atoms with Crippen molar-refractivity contribution in [2.75, 3.05) is 20.0 Å². The second-order valence-electron chi connectivity index (χ2n) is 9.59. The molecule has 0 aliphatic carbocycles. The summed E-state index contributed by atoms with van der Waals surface area (Å²) in [5, 5.41) is 0.426. The highest BCUT2D eigenvalue weighted by Crippen LogP contribution is 2.42. The van der Waals surface area contributed by atoms with Crippen molar-refractivity contribution in [2.24, 2.45) is 0 Å². The van der Waals surface area contributed by atoms with Crippen molar-refractivity contribution < 1.29 is 31.8 Å². The van der Waals surface area contributed by atoms with Crippen LogP contribution in [0.3, 0.4) is 0 Å². The number of cyclic esters (lactones) is 1. The van der Waals surface area contributed by atoms with Crippen molar-refractivity contribution in [1.29, 1.82) is 0 Å². The van der Waals surface area contributed by atoms with E-state index >= 15 is 0 Å². The molecule has 1 aliphatic heterocycles. The minimum atomic E-state index is -4.58. The van der Waals surface area contributed by atoms with Crippen molar-refractivity contribution in [1.82, 2.24) is 14.9 Å². The summed E-state index contributed by atoms with van der Waals surface area (Å²) in [4.78, 5) is 23.4. The number of carbonyl (C=O) groups is 1. The van der Waals surface area contributed by atoms with Crippen LogP contribution in [0.4, 0.5) is 22.4 Å². The molecule has 0 spiro atoms. The average molecular weight is 628 g/mol. The Labute approximate surface area is 236 Å². The van der Waals surface area contributed by atoms with Gasteiger partial charge in [-0.1, -0.05) is 41.5 Å². The molecule has 2 heterocycles. The van der Waals surface area contributed by atoms with Crippen LogP contribution in [0.5, 0.6) is 5.75 Å². The van der Waals surface area contributed by atoms with Gasteiger partial charge in [0.2, 0.25) is 0 Å². The van der Waals surface area contributed by atoms with Crippen LogP contribution in [-0.2, 0) is 23.0 Å². The summed E-state index contributed by atoms with van der Waals surface area (Å²) in [5.74, 6) is -0.285. The van der Waals surface area contributed by atoms with E-state index in [1.165, 1.54) is 35.9 Å².